The van der Waals surface area contributed by atoms with Gasteiger partial charge in [-0.25, -0.2) is 0 Å². The van der Waals surface area contributed by atoms with Gasteiger partial charge in [0.25, 0.3) is 0 Å². The van der Waals surface area contributed by atoms with Crippen LogP contribution in [0.4, 0.5) is 0 Å². The molecule has 8 bridgehead atoms. The molecule has 0 nitrogen and oxygen atoms in total. The van der Waals surface area contributed by atoms with Crippen LogP contribution < -0.4 is 0 Å². The van der Waals surface area contributed by atoms with Crippen molar-refractivity contribution in [3.63, 3.8) is 0 Å². The molecule has 0 spiro atoms. The minimum absolute atomic E-state index is 0. The summed E-state index contributed by atoms with van der Waals surface area (Å²) in [4.78, 5) is 0. The van der Waals surface area contributed by atoms with E-state index in [2.05, 4.69) is 0 Å². The summed E-state index contributed by atoms with van der Waals surface area (Å²) in [6.07, 6.45) is 19.1. The van der Waals surface area contributed by atoms with Gasteiger partial charge >= 0.3 is 0 Å². The summed E-state index contributed by atoms with van der Waals surface area (Å²) in [6, 6.07) is 0. The Balaban J connectivity index is 0.000000625. The van der Waals surface area contributed by atoms with Gasteiger partial charge in [-0.3, -0.25) is 0 Å². The van der Waals surface area contributed by atoms with E-state index in [0.29, 0.717) is 0 Å². The van der Waals surface area contributed by atoms with Crippen molar-refractivity contribution in [2.75, 3.05) is 0 Å². The molecular formula is C20H28Y2-2. The van der Waals surface area contributed by atoms with Gasteiger partial charge < -0.3 is 11.8 Å². The van der Waals surface area contributed by atoms with Gasteiger partial charge in [-0.15, -0.1) is 0 Å². The van der Waals surface area contributed by atoms with E-state index in [-0.39, 0.29) is 65.4 Å². The molecule has 0 aromatic heterocycles. The second-order valence-electron chi connectivity index (χ2n) is 9.98. The Morgan fingerprint density at radius 2 is 0.864 bits per heavy atom. The standard InChI is InChI=1S/C20H28.2Y/c1-13-2-15-3-14(1)8-19(7-13,9-15)20-10-16-4-17(11-20)6-18(5-16)12-20;;/h13-14,16-17H,1-12H2;;/q-2;;. The van der Waals surface area contributed by atoms with Crippen LogP contribution in [0.15, 0.2) is 0 Å². The Morgan fingerprint density at radius 3 is 1.14 bits per heavy atom. The van der Waals surface area contributed by atoms with E-state index in [0.717, 1.165) is 34.5 Å². The van der Waals surface area contributed by atoms with Crippen molar-refractivity contribution in [2.24, 2.45) is 34.5 Å². The Hall–Kier alpha value is 2.21. The van der Waals surface area contributed by atoms with Crippen LogP contribution in [0.5, 0.6) is 0 Å². The van der Waals surface area contributed by atoms with E-state index in [9.17, 15) is 0 Å². The molecule has 4 atom stereocenters. The van der Waals surface area contributed by atoms with Crippen molar-refractivity contribution in [1.82, 2.24) is 0 Å². The molecule has 0 heterocycles. The molecule has 8 aliphatic carbocycles. The van der Waals surface area contributed by atoms with E-state index in [1.165, 1.54) is 25.7 Å². The molecule has 8 saturated carbocycles. The van der Waals surface area contributed by atoms with Gasteiger partial charge in [0.2, 0.25) is 0 Å². The Kier molecular flexibility index (Phi) is 4.69. The fourth-order valence-corrected chi connectivity index (χ4v) is 8.85. The van der Waals surface area contributed by atoms with Crippen LogP contribution >= 0.6 is 0 Å². The van der Waals surface area contributed by atoms with Crippen LogP contribution in [0.3, 0.4) is 0 Å². The zero-order valence-electron chi connectivity index (χ0n) is 13.9. The van der Waals surface area contributed by atoms with Crippen LogP contribution in [0, 0.1) is 46.3 Å². The zero-order chi connectivity index (χ0) is 12.9. The van der Waals surface area contributed by atoms with E-state index >= 15 is 0 Å². The largest absolute Gasteiger partial charge is 0.313 e. The van der Waals surface area contributed by atoms with Gasteiger partial charge in [-0.2, -0.15) is 38.5 Å². The van der Waals surface area contributed by atoms with Crippen LogP contribution in [-0.4, -0.2) is 0 Å². The predicted molar refractivity (Wildman–Crippen MR) is 80.7 cm³/mol. The Labute approximate surface area is 186 Å². The van der Waals surface area contributed by atoms with Gasteiger partial charge in [-0.1, -0.05) is 47.3 Å². The molecule has 0 saturated heterocycles. The number of hydrogen-bond acceptors (Lipinski definition) is 0. The number of rotatable bonds is 1. The topological polar surface area (TPSA) is 0 Å². The van der Waals surface area contributed by atoms with E-state index in [1.807, 2.05) is 11.8 Å². The Bertz CT molecular complexity index is 342. The molecule has 0 aromatic rings. The first-order valence-electron chi connectivity index (χ1n) is 9.39. The molecule has 8 fully saturated rings. The maximum atomic E-state index is 2.02. The SMILES string of the molecule is C1[C-]2CC3CC1CC(C14C[C-]5CC(CC(C5)C1)C4)(C2)C3.[Y].[Y]. The molecule has 0 aromatic carbocycles. The third-order valence-corrected chi connectivity index (χ3v) is 8.66. The molecule has 0 aliphatic heterocycles. The zero-order valence-corrected chi connectivity index (χ0v) is 19.6. The summed E-state index contributed by atoms with van der Waals surface area (Å²) in [6.45, 7) is 0. The third-order valence-electron chi connectivity index (χ3n) is 8.66. The van der Waals surface area contributed by atoms with Gasteiger partial charge in [0.15, 0.2) is 0 Å². The first kappa shape index (κ1) is 17.6. The van der Waals surface area contributed by atoms with Crippen molar-refractivity contribution in [3.05, 3.63) is 11.8 Å². The van der Waals surface area contributed by atoms with Gasteiger partial charge in [0.1, 0.15) is 0 Å². The predicted octanol–water partition coefficient (Wildman–Crippen LogP) is 5.33. The molecule has 2 heteroatoms. The third kappa shape index (κ3) is 2.35. The summed E-state index contributed by atoms with van der Waals surface area (Å²) in [7, 11) is 0. The van der Waals surface area contributed by atoms with Crippen molar-refractivity contribution in [2.45, 2.75) is 77.0 Å². The first-order chi connectivity index (χ1) is 9.72. The van der Waals surface area contributed by atoms with Gasteiger partial charge in [-0.05, 0) is 25.7 Å². The van der Waals surface area contributed by atoms with Crippen LogP contribution in [-0.2, 0) is 65.4 Å². The van der Waals surface area contributed by atoms with Gasteiger partial charge in [0.05, 0.1) is 0 Å². The smallest absolute Gasteiger partial charge is 0 e. The summed E-state index contributed by atoms with van der Waals surface area (Å²) in [5, 5.41) is 0. The molecule has 22 heavy (non-hydrogen) atoms. The maximum Gasteiger partial charge on any atom is 0 e. The summed E-state index contributed by atoms with van der Waals surface area (Å²) in [5.41, 5.74) is 1.60. The average molecular weight is 446 g/mol. The van der Waals surface area contributed by atoms with Gasteiger partial charge in [0, 0.05) is 65.4 Å². The van der Waals surface area contributed by atoms with E-state index in [1.54, 1.807) is 51.4 Å². The first-order valence-corrected chi connectivity index (χ1v) is 9.39. The normalized spacial score (nSPS) is 55.1. The molecule has 4 unspecified atom stereocenters. The van der Waals surface area contributed by atoms with Crippen LogP contribution in [0.25, 0.3) is 0 Å². The van der Waals surface area contributed by atoms with Crippen molar-refractivity contribution >= 4 is 0 Å². The fourth-order valence-electron chi connectivity index (χ4n) is 8.85. The number of hydrogen-bond donors (Lipinski definition) is 0. The molecule has 0 N–H and O–H groups in total. The molecule has 0 amide bonds. The van der Waals surface area contributed by atoms with E-state index < -0.39 is 0 Å². The minimum atomic E-state index is 0. The molecular weight excluding hydrogens is 418 g/mol. The van der Waals surface area contributed by atoms with Crippen LogP contribution in [0.1, 0.15) is 77.0 Å². The van der Waals surface area contributed by atoms with Crippen molar-refractivity contribution < 1.29 is 65.4 Å². The summed E-state index contributed by atoms with van der Waals surface area (Å²) in [5.74, 6) is 8.50. The monoisotopic (exact) mass is 446 g/mol. The molecule has 2 radical (unpaired) electrons. The molecule has 8 rings (SSSR count). The molecule has 116 valence electrons. The van der Waals surface area contributed by atoms with Crippen molar-refractivity contribution in [3.8, 4) is 0 Å². The average Bonchev–Trinajstić information content (AvgIpc) is 2.35. The fraction of sp³-hybridized carbons (Fsp3) is 0.900. The second-order valence-corrected chi connectivity index (χ2v) is 9.98. The minimum Gasteiger partial charge on any atom is -0.313 e. The molecule has 8 aliphatic rings. The maximum absolute atomic E-state index is 2.02. The quantitative estimate of drug-likeness (QED) is 0.478. The summed E-state index contributed by atoms with van der Waals surface area (Å²) < 4.78 is 0. The van der Waals surface area contributed by atoms with Crippen LogP contribution in [0.2, 0.25) is 0 Å². The van der Waals surface area contributed by atoms with Crippen molar-refractivity contribution in [1.29, 1.82) is 0 Å². The van der Waals surface area contributed by atoms with E-state index in [4.69, 9.17) is 0 Å². The Morgan fingerprint density at radius 1 is 0.545 bits per heavy atom. The summed E-state index contributed by atoms with van der Waals surface area (Å²) >= 11 is 0. The second kappa shape index (κ2) is 5.86.